The highest BCUT2D eigenvalue weighted by Crippen LogP contribution is 1.99. The van der Waals surface area contributed by atoms with Crippen molar-refractivity contribution in [3.05, 3.63) is 18.0 Å². The molecule has 0 saturated heterocycles. The minimum absolute atomic E-state index is 0.924. The summed E-state index contributed by atoms with van der Waals surface area (Å²) >= 11 is 2.00. The van der Waals surface area contributed by atoms with Gasteiger partial charge in [0.25, 0.3) is 0 Å². The fraction of sp³-hybridized carbons (Fsp3) is 0.667. The van der Waals surface area contributed by atoms with Gasteiger partial charge in [-0.15, -0.1) is 0 Å². The van der Waals surface area contributed by atoms with Gasteiger partial charge in [0.1, 0.15) is 0 Å². The van der Waals surface area contributed by atoms with Crippen LogP contribution < -0.4 is 5.32 Å². The third-order valence-electron chi connectivity index (χ3n) is 1.73. The van der Waals surface area contributed by atoms with Gasteiger partial charge in [0.2, 0.25) is 0 Å². The lowest BCUT2D eigenvalue weighted by Gasteiger charge is -2.01. The number of nitrogens with one attached hydrogen (secondary N) is 2. The summed E-state index contributed by atoms with van der Waals surface area (Å²) in [4.78, 5) is 0. The summed E-state index contributed by atoms with van der Waals surface area (Å²) in [6.07, 6.45) is 5.03. The number of hydrogen-bond acceptors (Lipinski definition) is 3. The molecule has 0 fully saturated rings. The van der Waals surface area contributed by atoms with Gasteiger partial charge in [0.05, 0.1) is 6.20 Å². The first kappa shape index (κ1) is 10.6. The molecule has 0 radical (unpaired) electrons. The van der Waals surface area contributed by atoms with E-state index < -0.39 is 0 Å². The van der Waals surface area contributed by atoms with Crippen LogP contribution in [0.1, 0.15) is 18.9 Å². The van der Waals surface area contributed by atoms with Crippen molar-refractivity contribution in [2.24, 2.45) is 0 Å². The molecule has 13 heavy (non-hydrogen) atoms. The van der Waals surface area contributed by atoms with Crippen LogP contribution in [0.15, 0.2) is 12.4 Å². The first-order chi connectivity index (χ1) is 6.43. The molecule has 74 valence electrons. The van der Waals surface area contributed by atoms with E-state index in [1.165, 1.54) is 23.5 Å². The van der Waals surface area contributed by atoms with Crippen LogP contribution in [0.25, 0.3) is 0 Å². The molecule has 0 saturated carbocycles. The van der Waals surface area contributed by atoms with Crippen LogP contribution >= 0.6 is 11.8 Å². The summed E-state index contributed by atoms with van der Waals surface area (Å²) in [5.41, 5.74) is 1.23. The van der Waals surface area contributed by atoms with E-state index in [0.29, 0.717) is 0 Å². The summed E-state index contributed by atoms with van der Waals surface area (Å²) in [7, 11) is 0. The number of aromatic amines is 1. The Morgan fingerprint density at radius 1 is 1.62 bits per heavy atom. The van der Waals surface area contributed by atoms with Gasteiger partial charge in [-0.3, -0.25) is 5.10 Å². The molecule has 3 nitrogen and oxygen atoms in total. The summed E-state index contributed by atoms with van der Waals surface area (Å²) in [6.45, 7) is 4.22. The van der Waals surface area contributed by atoms with Gasteiger partial charge in [-0.2, -0.15) is 16.9 Å². The summed E-state index contributed by atoms with van der Waals surface area (Å²) < 4.78 is 0. The highest BCUT2D eigenvalue weighted by molar-refractivity contribution is 7.99. The second kappa shape index (κ2) is 6.97. The van der Waals surface area contributed by atoms with Crippen molar-refractivity contribution in [3.63, 3.8) is 0 Å². The lowest BCUT2D eigenvalue weighted by molar-refractivity contribution is 0.679. The summed E-state index contributed by atoms with van der Waals surface area (Å²) in [6, 6.07) is 0. The van der Waals surface area contributed by atoms with Crippen LogP contribution in [-0.2, 0) is 6.54 Å². The molecule has 0 aliphatic rings. The van der Waals surface area contributed by atoms with E-state index in [1.54, 1.807) is 0 Å². The first-order valence-electron chi connectivity index (χ1n) is 4.69. The fourth-order valence-corrected chi connectivity index (χ4v) is 1.69. The van der Waals surface area contributed by atoms with Crippen LogP contribution in [0, 0.1) is 0 Å². The minimum atomic E-state index is 0.924. The second-order valence-electron chi connectivity index (χ2n) is 2.83. The largest absolute Gasteiger partial charge is 0.313 e. The Labute approximate surface area is 83.7 Å². The van der Waals surface area contributed by atoms with Gasteiger partial charge in [-0.25, -0.2) is 0 Å². The monoisotopic (exact) mass is 199 g/mol. The Morgan fingerprint density at radius 2 is 2.54 bits per heavy atom. The zero-order valence-corrected chi connectivity index (χ0v) is 8.86. The summed E-state index contributed by atoms with van der Waals surface area (Å²) in [5.74, 6) is 2.48. The van der Waals surface area contributed by atoms with E-state index in [2.05, 4.69) is 22.4 Å². The number of aromatic nitrogens is 2. The maximum atomic E-state index is 3.88. The van der Waals surface area contributed by atoms with Crippen molar-refractivity contribution < 1.29 is 0 Å². The lowest BCUT2D eigenvalue weighted by Crippen LogP contribution is -2.14. The van der Waals surface area contributed by atoms with Crippen LogP contribution in [-0.4, -0.2) is 28.2 Å². The van der Waals surface area contributed by atoms with Gasteiger partial charge >= 0.3 is 0 Å². The van der Waals surface area contributed by atoms with Crippen LogP contribution in [0.5, 0.6) is 0 Å². The Balaban J connectivity index is 1.90. The molecule has 1 aromatic heterocycles. The Hall–Kier alpha value is -0.480. The topological polar surface area (TPSA) is 40.7 Å². The van der Waals surface area contributed by atoms with E-state index >= 15 is 0 Å². The van der Waals surface area contributed by atoms with Crippen molar-refractivity contribution in [2.45, 2.75) is 19.9 Å². The molecule has 1 heterocycles. The third-order valence-corrected chi connectivity index (χ3v) is 2.72. The van der Waals surface area contributed by atoms with Crippen LogP contribution in [0.2, 0.25) is 0 Å². The molecule has 0 amide bonds. The molecule has 0 unspecified atom stereocenters. The highest BCUT2D eigenvalue weighted by Gasteiger charge is 1.92. The number of rotatable bonds is 7. The molecule has 2 N–H and O–H groups in total. The van der Waals surface area contributed by atoms with Gasteiger partial charge in [0.15, 0.2) is 0 Å². The standard InChI is InChI=1S/C9H17N3S/c1-2-13-5-3-4-10-6-9-7-11-12-8-9/h7-8,10H,2-6H2,1H3,(H,11,12). The van der Waals surface area contributed by atoms with Crippen LogP contribution in [0.3, 0.4) is 0 Å². The number of thioether (sulfide) groups is 1. The highest BCUT2D eigenvalue weighted by atomic mass is 32.2. The average Bonchev–Trinajstić information content (AvgIpc) is 2.63. The normalized spacial score (nSPS) is 10.5. The summed E-state index contributed by atoms with van der Waals surface area (Å²) in [5, 5.41) is 10.1. The molecule has 0 aliphatic heterocycles. The lowest BCUT2D eigenvalue weighted by atomic mass is 10.3. The second-order valence-corrected chi connectivity index (χ2v) is 4.23. The number of H-pyrrole nitrogens is 1. The van der Waals surface area contributed by atoms with Crippen molar-refractivity contribution in [2.75, 3.05) is 18.1 Å². The van der Waals surface area contributed by atoms with Crippen molar-refractivity contribution >= 4 is 11.8 Å². The van der Waals surface area contributed by atoms with Gasteiger partial charge in [-0.1, -0.05) is 6.92 Å². The molecular formula is C9H17N3S. The Morgan fingerprint density at radius 3 is 3.23 bits per heavy atom. The van der Waals surface area contributed by atoms with Crippen molar-refractivity contribution in [1.29, 1.82) is 0 Å². The zero-order chi connectivity index (χ0) is 9.36. The van der Waals surface area contributed by atoms with E-state index in [4.69, 9.17) is 0 Å². The zero-order valence-electron chi connectivity index (χ0n) is 8.05. The first-order valence-corrected chi connectivity index (χ1v) is 5.85. The molecule has 0 aromatic carbocycles. The average molecular weight is 199 g/mol. The van der Waals surface area contributed by atoms with Gasteiger partial charge in [0, 0.05) is 18.3 Å². The molecular weight excluding hydrogens is 182 g/mol. The quantitative estimate of drug-likeness (QED) is 0.656. The molecule has 4 heteroatoms. The predicted octanol–water partition coefficient (Wildman–Crippen LogP) is 1.64. The van der Waals surface area contributed by atoms with Gasteiger partial charge in [-0.05, 0) is 24.5 Å². The Kier molecular flexibility index (Phi) is 5.69. The number of hydrogen-bond donors (Lipinski definition) is 2. The predicted molar refractivity (Wildman–Crippen MR) is 57.9 cm³/mol. The minimum Gasteiger partial charge on any atom is -0.313 e. The molecule has 0 spiro atoms. The van der Waals surface area contributed by atoms with E-state index in [0.717, 1.165) is 13.1 Å². The molecule has 1 rings (SSSR count). The van der Waals surface area contributed by atoms with Gasteiger partial charge < -0.3 is 5.32 Å². The van der Waals surface area contributed by atoms with E-state index in [-0.39, 0.29) is 0 Å². The fourth-order valence-electron chi connectivity index (χ4n) is 1.05. The SMILES string of the molecule is CCSCCCNCc1cn[nH]c1. The maximum absolute atomic E-state index is 3.88. The third kappa shape index (κ3) is 4.95. The molecule has 0 atom stereocenters. The van der Waals surface area contributed by atoms with Crippen LogP contribution in [0.4, 0.5) is 0 Å². The van der Waals surface area contributed by atoms with Crippen molar-refractivity contribution in [3.8, 4) is 0 Å². The molecule has 1 aromatic rings. The van der Waals surface area contributed by atoms with E-state index in [1.807, 2.05) is 24.2 Å². The van der Waals surface area contributed by atoms with E-state index in [9.17, 15) is 0 Å². The molecule has 0 aliphatic carbocycles. The maximum Gasteiger partial charge on any atom is 0.0532 e. The smallest absolute Gasteiger partial charge is 0.0532 e. The van der Waals surface area contributed by atoms with Crippen molar-refractivity contribution in [1.82, 2.24) is 15.5 Å². The number of nitrogens with zero attached hydrogens (tertiary/aromatic N) is 1. The molecule has 0 bridgehead atoms. The Bertz CT molecular complexity index is 199.